The molecule has 0 bridgehead atoms. The Balaban J connectivity index is 1.61. The third kappa shape index (κ3) is 3.39. The summed E-state index contributed by atoms with van der Waals surface area (Å²) in [7, 11) is 0. The van der Waals surface area contributed by atoms with E-state index in [0.717, 1.165) is 29.8 Å². The van der Waals surface area contributed by atoms with Crippen molar-refractivity contribution in [3.63, 3.8) is 0 Å². The third-order valence-electron chi connectivity index (χ3n) is 4.04. The Morgan fingerprint density at radius 3 is 2.77 bits per heavy atom. The van der Waals surface area contributed by atoms with Gasteiger partial charge in [-0.15, -0.1) is 11.3 Å². The average Bonchev–Trinajstić information content (AvgIpc) is 3.14. The van der Waals surface area contributed by atoms with Gasteiger partial charge in [0, 0.05) is 24.5 Å². The Bertz CT molecular complexity index is 619. The van der Waals surface area contributed by atoms with Crippen molar-refractivity contribution in [1.82, 2.24) is 5.32 Å². The number of anilines is 1. The maximum Gasteiger partial charge on any atom is 0.262 e. The summed E-state index contributed by atoms with van der Waals surface area (Å²) in [5.41, 5.74) is 0.870. The van der Waals surface area contributed by atoms with Gasteiger partial charge in [0.15, 0.2) is 0 Å². The van der Waals surface area contributed by atoms with Crippen LogP contribution in [0.2, 0.25) is 0 Å². The zero-order valence-corrected chi connectivity index (χ0v) is 13.3. The van der Waals surface area contributed by atoms with Gasteiger partial charge >= 0.3 is 0 Å². The predicted molar refractivity (Wildman–Crippen MR) is 86.0 cm³/mol. The number of carbonyl (C=O) groups excluding carboxylic acids is 2. The molecule has 6 heteroatoms. The van der Waals surface area contributed by atoms with Gasteiger partial charge in [-0.25, -0.2) is 0 Å². The summed E-state index contributed by atoms with van der Waals surface area (Å²) in [5, 5.41) is 15.7. The molecule has 0 aromatic carbocycles. The molecule has 2 amide bonds. The van der Waals surface area contributed by atoms with Gasteiger partial charge in [0.05, 0.1) is 9.88 Å². The van der Waals surface area contributed by atoms with E-state index in [1.807, 2.05) is 25.1 Å². The van der Waals surface area contributed by atoms with E-state index in [9.17, 15) is 9.59 Å². The first-order valence-electron chi connectivity index (χ1n) is 7.58. The Labute approximate surface area is 133 Å². The Hall–Kier alpha value is -1.66. The Morgan fingerprint density at radius 1 is 1.36 bits per heavy atom. The van der Waals surface area contributed by atoms with Gasteiger partial charge in [0.25, 0.3) is 5.91 Å². The SMILES string of the molecule is Cc1cc(NC(=O)C2CC2)sc1C(=O)N[C@@H]1C=C[C@H](CO)C1. The maximum absolute atomic E-state index is 12.4. The maximum atomic E-state index is 12.4. The van der Waals surface area contributed by atoms with Crippen LogP contribution < -0.4 is 10.6 Å². The summed E-state index contributed by atoms with van der Waals surface area (Å²) in [5.74, 6) is 0.210. The number of aryl methyl sites for hydroxylation is 1. The minimum absolute atomic E-state index is 0.0318. The smallest absolute Gasteiger partial charge is 0.262 e. The Morgan fingerprint density at radius 2 is 2.14 bits per heavy atom. The van der Waals surface area contributed by atoms with Crippen LogP contribution in [0.15, 0.2) is 18.2 Å². The molecule has 1 aromatic heterocycles. The minimum atomic E-state index is -0.123. The predicted octanol–water partition coefficient (Wildman–Crippen LogP) is 2.07. The minimum Gasteiger partial charge on any atom is -0.396 e. The van der Waals surface area contributed by atoms with E-state index in [2.05, 4.69) is 10.6 Å². The highest BCUT2D eigenvalue weighted by molar-refractivity contribution is 7.18. The molecule has 0 spiro atoms. The van der Waals surface area contributed by atoms with Crippen LogP contribution in [0.4, 0.5) is 5.00 Å². The monoisotopic (exact) mass is 320 g/mol. The molecule has 1 fully saturated rings. The molecule has 3 rings (SSSR count). The zero-order valence-electron chi connectivity index (χ0n) is 12.5. The lowest BCUT2D eigenvalue weighted by molar-refractivity contribution is -0.117. The van der Waals surface area contributed by atoms with E-state index in [4.69, 9.17) is 5.11 Å². The first-order valence-corrected chi connectivity index (χ1v) is 8.40. The lowest BCUT2D eigenvalue weighted by atomic mass is 10.1. The molecule has 1 heterocycles. The van der Waals surface area contributed by atoms with Crippen LogP contribution in [-0.2, 0) is 4.79 Å². The summed E-state index contributed by atoms with van der Waals surface area (Å²) >= 11 is 1.31. The van der Waals surface area contributed by atoms with Crippen molar-refractivity contribution in [3.8, 4) is 0 Å². The fourth-order valence-electron chi connectivity index (χ4n) is 2.59. The topological polar surface area (TPSA) is 78.4 Å². The summed E-state index contributed by atoms with van der Waals surface area (Å²) in [6.45, 7) is 1.98. The second kappa shape index (κ2) is 6.22. The second-order valence-corrected chi connectivity index (χ2v) is 7.08. The molecular weight excluding hydrogens is 300 g/mol. The lowest BCUT2D eigenvalue weighted by Crippen LogP contribution is -2.32. The van der Waals surface area contributed by atoms with E-state index in [0.29, 0.717) is 4.88 Å². The number of thiophene rings is 1. The Kier molecular flexibility index (Phi) is 4.31. The van der Waals surface area contributed by atoms with Gasteiger partial charge in [-0.2, -0.15) is 0 Å². The highest BCUT2D eigenvalue weighted by atomic mass is 32.1. The quantitative estimate of drug-likeness (QED) is 0.727. The molecule has 0 unspecified atom stereocenters. The fourth-order valence-corrected chi connectivity index (χ4v) is 3.57. The van der Waals surface area contributed by atoms with Crippen molar-refractivity contribution in [2.45, 2.75) is 32.2 Å². The number of hydrogen-bond acceptors (Lipinski definition) is 4. The van der Waals surface area contributed by atoms with Crippen molar-refractivity contribution in [1.29, 1.82) is 0 Å². The molecule has 2 atom stereocenters. The van der Waals surface area contributed by atoms with Gasteiger partial charge in [0.2, 0.25) is 5.91 Å². The first kappa shape index (κ1) is 15.2. The number of hydrogen-bond donors (Lipinski definition) is 3. The molecule has 2 aliphatic rings. The molecule has 0 aliphatic heterocycles. The van der Waals surface area contributed by atoms with Crippen molar-refractivity contribution in [2.24, 2.45) is 11.8 Å². The molecule has 3 N–H and O–H groups in total. The van der Waals surface area contributed by atoms with Crippen molar-refractivity contribution in [3.05, 3.63) is 28.7 Å². The normalized spacial score (nSPS) is 23.5. The molecule has 2 aliphatic carbocycles. The van der Waals surface area contributed by atoms with E-state index >= 15 is 0 Å². The molecule has 0 radical (unpaired) electrons. The summed E-state index contributed by atoms with van der Waals surface area (Å²) in [6.07, 6.45) is 6.52. The summed E-state index contributed by atoms with van der Waals surface area (Å²) in [4.78, 5) is 24.8. The average molecular weight is 320 g/mol. The molecular formula is C16H20N2O3S. The second-order valence-electron chi connectivity index (χ2n) is 6.03. The van der Waals surface area contributed by atoms with Crippen LogP contribution in [0.1, 0.15) is 34.5 Å². The van der Waals surface area contributed by atoms with Crippen LogP contribution in [0.25, 0.3) is 0 Å². The molecule has 22 heavy (non-hydrogen) atoms. The van der Waals surface area contributed by atoms with Crippen LogP contribution in [0, 0.1) is 18.8 Å². The van der Waals surface area contributed by atoms with E-state index in [1.54, 1.807) is 0 Å². The third-order valence-corrected chi connectivity index (χ3v) is 5.19. The number of aliphatic hydroxyl groups excluding tert-OH is 1. The van der Waals surface area contributed by atoms with E-state index < -0.39 is 0 Å². The van der Waals surface area contributed by atoms with Crippen LogP contribution in [0.5, 0.6) is 0 Å². The van der Waals surface area contributed by atoms with Gasteiger partial charge in [-0.05, 0) is 37.8 Å². The van der Waals surface area contributed by atoms with Crippen molar-refractivity contribution >= 4 is 28.2 Å². The molecule has 1 aromatic rings. The fraction of sp³-hybridized carbons (Fsp3) is 0.500. The van der Waals surface area contributed by atoms with Crippen LogP contribution >= 0.6 is 11.3 Å². The van der Waals surface area contributed by atoms with Gasteiger partial charge < -0.3 is 15.7 Å². The van der Waals surface area contributed by atoms with Gasteiger partial charge in [0.1, 0.15) is 0 Å². The zero-order chi connectivity index (χ0) is 15.7. The standard InChI is InChI=1S/C16H20N2O3S/c1-9-6-13(18-15(20)11-3-4-11)22-14(9)16(21)17-12-5-2-10(7-12)8-19/h2,5-6,10-12,19H,3-4,7-8H2,1H3,(H,17,21)(H,18,20)/t10-,12+/m0/s1. The first-order chi connectivity index (χ1) is 10.6. The summed E-state index contributed by atoms with van der Waals surface area (Å²) < 4.78 is 0. The van der Waals surface area contributed by atoms with Gasteiger partial charge in [-0.1, -0.05) is 12.2 Å². The number of nitrogens with one attached hydrogen (secondary N) is 2. The highest BCUT2D eigenvalue weighted by Gasteiger charge is 2.30. The largest absolute Gasteiger partial charge is 0.396 e. The number of amides is 2. The highest BCUT2D eigenvalue weighted by Crippen LogP contribution is 2.33. The summed E-state index contributed by atoms with van der Waals surface area (Å²) in [6, 6.07) is 1.82. The van der Waals surface area contributed by atoms with Crippen LogP contribution in [0.3, 0.4) is 0 Å². The molecule has 118 valence electrons. The number of rotatable bonds is 5. The lowest BCUT2D eigenvalue weighted by Gasteiger charge is -2.12. The van der Waals surface area contributed by atoms with Crippen LogP contribution in [-0.4, -0.2) is 29.6 Å². The van der Waals surface area contributed by atoms with Crippen molar-refractivity contribution in [2.75, 3.05) is 11.9 Å². The number of aliphatic hydroxyl groups is 1. The molecule has 1 saturated carbocycles. The van der Waals surface area contributed by atoms with Crippen molar-refractivity contribution < 1.29 is 14.7 Å². The molecule has 0 saturated heterocycles. The number of carbonyl (C=O) groups is 2. The van der Waals surface area contributed by atoms with E-state index in [1.165, 1.54) is 11.3 Å². The molecule has 5 nitrogen and oxygen atoms in total. The van der Waals surface area contributed by atoms with Gasteiger partial charge in [-0.3, -0.25) is 9.59 Å². The van der Waals surface area contributed by atoms with E-state index in [-0.39, 0.29) is 36.3 Å².